The third kappa shape index (κ3) is 4.01. The molecule has 5 fully saturated rings. The molecule has 5 nitrogen and oxygen atoms in total. The van der Waals surface area contributed by atoms with E-state index in [4.69, 9.17) is 4.74 Å². The summed E-state index contributed by atoms with van der Waals surface area (Å²) in [6, 6.07) is 1.92. The first kappa shape index (κ1) is 21.7. The Balaban J connectivity index is 1.34. The average Bonchev–Trinajstić information content (AvgIpc) is 3.48. The van der Waals surface area contributed by atoms with E-state index in [1.54, 1.807) is 6.07 Å². The SMILES string of the molecule is CC(C)C[C@H](NC(=O)c1cc(C2CC2)c(OCC23CC4CC(CC2C4)C3)cc1F)C(=O)O. The van der Waals surface area contributed by atoms with E-state index >= 15 is 4.39 Å². The van der Waals surface area contributed by atoms with Crippen molar-refractivity contribution < 1.29 is 23.8 Å². The third-order valence-corrected chi connectivity index (χ3v) is 8.35. The minimum atomic E-state index is -1.10. The highest BCUT2D eigenvalue weighted by Crippen LogP contribution is 2.65. The smallest absolute Gasteiger partial charge is 0.326 e. The van der Waals surface area contributed by atoms with E-state index in [1.165, 1.54) is 38.2 Å². The van der Waals surface area contributed by atoms with Crippen LogP contribution in [0.1, 0.15) is 87.1 Å². The predicted octanol–water partition coefficient (Wildman–Crippen LogP) is 5.14. The maximum Gasteiger partial charge on any atom is 0.326 e. The first-order valence-corrected chi connectivity index (χ1v) is 12.2. The number of nitrogens with one attached hydrogen (secondary N) is 1. The first-order chi connectivity index (χ1) is 15.2. The van der Waals surface area contributed by atoms with E-state index in [9.17, 15) is 14.7 Å². The van der Waals surface area contributed by atoms with Gasteiger partial charge in [0.05, 0.1) is 12.2 Å². The zero-order chi connectivity index (χ0) is 22.6. The molecule has 0 spiro atoms. The molecular formula is C26H34FNO4. The van der Waals surface area contributed by atoms with Crippen LogP contribution in [-0.4, -0.2) is 29.6 Å². The fourth-order valence-electron chi connectivity index (χ4n) is 6.93. The number of carbonyl (C=O) groups is 2. The third-order valence-electron chi connectivity index (χ3n) is 8.35. The van der Waals surface area contributed by atoms with E-state index < -0.39 is 23.7 Å². The van der Waals surface area contributed by atoms with Gasteiger partial charge < -0.3 is 15.2 Å². The van der Waals surface area contributed by atoms with Crippen LogP contribution < -0.4 is 10.1 Å². The van der Waals surface area contributed by atoms with E-state index in [0.717, 1.165) is 36.2 Å². The number of amides is 1. The Hall–Kier alpha value is -2.11. The largest absolute Gasteiger partial charge is 0.493 e. The molecule has 0 aliphatic heterocycles. The molecule has 5 aliphatic carbocycles. The second kappa shape index (κ2) is 8.03. The van der Waals surface area contributed by atoms with E-state index in [1.807, 2.05) is 13.8 Å². The molecule has 0 radical (unpaired) electrons. The number of carboxylic acid groups (broad SMARTS) is 1. The van der Waals surface area contributed by atoms with E-state index in [-0.39, 0.29) is 22.8 Å². The molecule has 2 N–H and O–H groups in total. The molecular weight excluding hydrogens is 409 g/mol. The summed E-state index contributed by atoms with van der Waals surface area (Å²) in [6.07, 6.45) is 8.80. The monoisotopic (exact) mass is 443 g/mol. The van der Waals surface area contributed by atoms with E-state index in [2.05, 4.69) is 5.32 Å². The van der Waals surface area contributed by atoms with Crippen molar-refractivity contribution in [1.29, 1.82) is 0 Å². The van der Waals surface area contributed by atoms with Gasteiger partial charge in [0, 0.05) is 11.5 Å². The number of halogens is 1. The van der Waals surface area contributed by atoms with Gasteiger partial charge in [-0.1, -0.05) is 13.8 Å². The average molecular weight is 444 g/mol. The number of aliphatic carboxylic acids is 1. The number of hydrogen-bond donors (Lipinski definition) is 2. The van der Waals surface area contributed by atoms with Gasteiger partial charge in [-0.2, -0.15) is 0 Å². The van der Waals surface area contributed by atoms with Crippen molar-refractivity contribution in [3.05, 3.63) is 29.1 Å². The molecule has 0 saturated heterocycles. The minimum absolute atomic E-state index is 0.0896. The van der Waals surface area contributed by atoms with Gasteiger partial charge in [-0.15, -0.1) is 0 Å². The molecule has 4 bridgehead atoms. The molecule has 0 heterocycles. The van der Waals surface area contributed by atoms with Crippen molar-refractivity contribution in [2.45, 2.75) is 77.2 Å². The van der Waals surface area contributed by atoms with Crippen LogP contribution in [0.25, 0.3) is 0 Å². The van der Waals surface area contributed by atoms with Crippen LogP contribution in [0, 0.1) is 34.9 Å². The molecule has 5 saturated carbocycles. The fraction of sp³-hybridized carbons (Fsp3) is 0.692. The summed E-state index contributed by atoms with van der Waals surface area (Å²) in [7, 11) is 0. The molecule has 5 aliphatic rings. The molecule has 1 aromatic carbocycles. The lowest BCUT2D eigenvalue weighted by Crippen LogP contribution is -2.42. The minimum Gasteiger partial charge on any atom is -0.493 e. The van der Waals surface area contributed by atoms with Crippen molar-refractivity contribution in [1.82, 2.24) is 5.32 Å². The summed E-state index contributed by atoms with van der Waals surface area (Å²) >= 11 is 0. The summed E-state index contributed by atoms with van der Waals surface area (Å²) in [4.78, 5) is 24.3. The number of benzene rings is 1. The summed E-state index contributed by atoms with van der Waals surface area (Å²) in [5.74, 6) is 0.967. The second-order valence-corrected chi connectivity index (χ2v) is 11.3. The van der Waals surface area contributed by atoms with Crippen LogP contribution in [-0.2, 0) is 4.79 Å². The van der Waals surface area contributed by atoms with Crippen LogP contribution in [0.2, 0.25) is 0 Å². The second-order valence-electron chi connectivity index (χ2n) is 11.3. The van der Waals surface area contributed by atoms with Crippen molar-refractivity contribution in [2.24, 2.45) is 29.1 Å². The summed E-state index contributed by atoms with van der Waals surface area (Å²) in [5.41, 5.74) is 1.06. The lowest BCUT2D eigenvalue weighted by Gasteiger charge is -2.33. The molecule has 0 aromatic heterocycles. The van der Waals surface area contributed by atoms with Crippen molar-refractivity contribution >= 4 is 11.9 Å². The number of hydrogen-bond acceptors (Lipinski definition) is 3. The van der Waals surface area contributed by atoms with Gasteiger partial charge in [0.1, 0.15) is 17.6 Å². The molecule has 1 amide bonds. The van der Waals surface area contributed by atoms with Gasteiger partial charge in [-0.25, -0.2) is 9.18 Å². The topological polar surface area (TPSA) is 75.6 Å². The van der Waals surface area contributed by atoms with Gasteiger partial charge >= 0.3 is 5.97 Å². The van der Waals surface area contributed by atoms with Crippen LogP contribution in [0.5, 0.6) is 5.75 Å². The van der Waals surface area contributed by atoms with Crippen LogP contribution in [0.4, 0.5) is 4.39 Å². The van der Waals surface area contributed by atoms with Crippen molar-refractivity contribution in [2.75, 3.05) is 6.61 Å². The lowest BCUT2D eigenvalue weighted by atomic mass is 9.76. The lowest BCUT2D eigenvalue weighted by molar-refractivity contribution is -0.139. The Morgan fingerprint density at radius 3 is 2.47 bits per heavy atom. The zero-order valence-electron chi connectivity index (χ0n) is 19.0. The molecule has 3 atom stereocenters. The predicted molar refractivity (Wildman–Crippen MR) is 118 cm³/mol. The van der Waals surface area contributed by atoms with Crippen LogP contribution >= 0.6 is 0 Å². The normalized spacial score (nSPS) is 31.2. The quantitative estimate of drug-likeness (QED) is 0.554. The van der Waals surface area contributed by atoms with Gasteiger partial charge in [0.2, 0.25) is 0 Å². The Labute approximate surface area is 189 Å². The summed E-state index contributed by atoms with van der Waals surface area (Å²) < 4.78 is 21.3. The van der Waals surface area contributed by atoms with Gasteiger partial charge in [-0.3, -0.25) is 4.79 Å². The summed E-state index contributed by atoms with van der Waals surface area (Å²) in [6.45, 7) is 4.43. The van der Waals surface area contributed by atoms with E-state index in [0.29, 0.717) is 18.8 Å². The maximum absolute atomic E-state index is 15.0. The standard InChI is InChI=1S/C26H34FNO4/c1-14(2)5-22(25(30)31)28-24(29)20-9-19(17-3-4-17)23(10-21(20)27)32-13-26-11-15-6-16(12-26)8-18(26)7-15/h9-10,14-18,22H,3-8,11-13H2,1-2H3,(H,28,29)(H,30,31)/t15?,16?,18?,22-,26?/m0/s1. The molecule has 32 heavy (non-hydrogen) atoms. The van der Waals surface area contributed by atoms with Gasteiger partial charge in [-0.05, 0) is 92.6 Å². The highest BCUT2D eigenvalue weighted by molar-refractivity contribution is 5.97. The van der Waals surface area contributed by atoms with Gasteiger partial charge in [0.15, 0.2) is 0 Å². The van der Waals surface area contributed by atoms with Crippen molar-refractivity contribution in [3.8, 4) is 5.75 Å². The highest BCUT2D eigenvalue weighted by atomic mass is 19.1. The molecule has 1 aromatic rings. The Bertz CT molecular complexity index is 911. The number of carbonyl (C=O) groups excluding carboxylic acids is 1. The Kier molecular flexibility index (Phi) is 5.45. The number of ether oxygens (including phenoxy) is 1. The summed E-state index contributed by atoms with van der Waals surface area (Å²) in [5, 5.41) is 11.9. The highest BCUT2D eigenvalue weighted by Gasteiger charge is 2.58. The Morgan fingerprint density at radius 2 is 1.88 bits per heavy atom. The molecule has 174 valence electrons. The Morgan fingerprint density at radius 1 is 1.19 bits per heavy atom. The van der Waals surface area contributed by atoms with Gasteiger partial charge in [0.25, 0.3) is 5.91 Å². The maximum atomic E-state index is 15.0. The molecule has 6 heteroatoms. The van der Waals surface area contributed by atoms with Crippen LogP contribution in [0.15, 0.2) is 12.1 Å². The zero-order valence-corrected chi connectivity index (χ0v) is 19.0. The van der Waals surface area contributed by atoms with Crippen LogP contribution in [0.3, 0.4) is 0 Å². The molecule has 2 unspecified atom stereocenters. The molecule has 6 rings (SSSR count). The fourth-order valence-corrected chi connectivity index (χ4v) is 6.93. The van der Waals surface area contributed by atoms with Crippen molar-refractivity contribution in [3.63, 3.8) is 0 Å². The first-order valence-electron chi connectivity index (χ1n) is 12.2. The number of carboxylic acids is 1. The number of rotatable bonds is 9.